The topological polar surface area (TPSA) is 40.5 Å². The van der Waals surface area contributed by atoms with Crippen LogP contribution in [-0.2, 0) is 11.8 Å². The van der Waals surface area contributed by atoms with Gasteiger partial charge in [0.15, 0.2) is 34.8 Å². The highest BCUT2D eigenvalue weighted by Gasteiger charge is 2.22. The number of hydrogen-bond acceptors (Lipinski definition) is 2. The van der Waals surface area contributed by atoms with E-state index in [1.165, 1.54) is 12.1 Å². The Hall–Kier alpha value is -2.24. The zero-order valence-electron chi connectivity index (χ0n) is 16.4. The van der Waals surface area contributed by atoms with Gasteiger partial charge in [-0.05, 0) is 40.5 Å². The minimum Gasteiger partial charge on any atom is -0.503 e. The Morgan fingerprint density at radius 3 is 1.59 bits per heavy atom. The van der Waals surface area contributed by atoms with E-state index >= 15 is 0 Å². The number of benzene rings is 2. The van der Waals surface area contributed by atoms with Gasteiger partial charge < -0.3 is 10.2 Å². The zero-order chi connectivity index (χ0) is 21.2. The molecule has 0 radical (unpaired) electrons. The Bertz CT molecular complexity index is 803. The number of halogens is 4. The van der Waals surface area contributed by atoms with E-state index in [1.54, 1.807) is 20.8 Å². The second-order valence-corrected chi connectivity index (χ2v) is 8.61. The summed E-state index contributed by atoms with van der Waals surface area (Å²) in [5, 5.41) is 18.0. The molecule has 0 atom stereocenters. The lowest BCUT2D eigenvalue weighted by molar-refractivity contribution is 0.373. The highest BCUT2D eigenvalue weighted by Crippen LogP contribution is 2.31. The van der Waals surface area contributed by atoms with E-state index in [-0.39, 0.29) is 5.41 Å². The third-order valence-electron chi connectivity index (χ3n) is 3.74. The molecule has 6 heteroatoms. The van der Waals surface area contributed by atoms with Gasteiger partial charge in [0.2, 0.25) is 0 Å². The van der Waals surface area contributed by atoms with E-state index in [0.29, 0.717) is 17.5 Å². The second-order valence-electron chi connectivity index (χ2n) is 8.61. The van der Waals surface area contributed by atoms with E-state index in [2.05, 4.69) is 0 Å². The molecule has 0 saturated carbocycles. The fourth-order valence-electron chi connectivity index (χ4n) is 2.41. The fraction of sp³-hybridized carbons (Fsp3) is 0.429. The van der Waals surface area contributed by atoms with Crippen LogP contribution in [0.4, 0.5) is 17.6 Å². The van der Waals surface area contributed by atoms with Gasteiger partial charge in [0.25, 0.3) is 0 Å². The molecule has 150 valence electrons. The van der Waals surface area contributed by atoms with Gasteiger partial charge in [-0.3, -0.25) is 0 Å². The third-order valence-corrected chi connectivity index (χ3v) is 3.74. The number of hydrogen-bond donors (Lipinski definition) is 2. The van der Waals surface area contributed by atoms with E-state index in [1.807, 2.05) is 20.8 Å². The summed E-state index contributed by atoms with van der Waals surface area (Å²) in [5.41, 5.74) is 0.128. The van der Waals surface area contributed by atoms with Gasteiger partial charge >= 0.3 is 0 Å². The first-order valence-corrected chi connectivity index (χ1v) is 8.48. The smallest absolute Gasteiger partial charge is 0.188 e. The van der Waals surface area contributed by atoms with Gasteiger partial charge in [0.1, 0.15) is 0 Å². The Balaban J connectivity index is 0.000000271. The molecular weight excluding hydrogens is 360 g/mol. The van der Waals surface area contributed by atoms with Crippen LogP contribution < -0.4 is 0 Å². The molecule has 0 bridgehead atoms. The van der Waals surface area contributed by atoms with Crippen LogP contribution in [0.25, 0.3) is 0 Å². The van der Waals surface area contributed by atoms with E-state index < -0.39 is 40.2 Å². The van der Waals surface area contributed by atoms with Crippen LogP contribution in [0.1, 0.15) is 52.7 Å². The molecule has 0 aromatic heterocycles. The Labute approximate surface area is 157 Å². The first-order valence-electron chi connectivity index (χ1n) is 8.48. The lowest BCUT2D eigenvalue weighted by atomic mass is 9.86. The number of phenols is 2. The second kappa shape index (κ2) is 8.19. The summed E-state index contributed by atoms with van der Waals surface area (Å²) in [7, 11) is 0. The number of phenolic OH excluding ortho intramolecular Hbond substituents is 2. The van der Waals surface area contributed by atoms with E-state index in [9.17, 15) is 17.6 Å². The van der Waals surface area contributed by atoms with Crippen molar-refractivity contribution < 1.29 is 27.8 Å². The van der Waals surface area contributed by atoms with Crippen molar-refractivity contribution in [1.82, 2.24) is 0 Å². The molecule has 0 spiro atoms. The average molecular weight is 386 g/mol. The molecule has 0 aliphatic rings. The monoisotopic (exact) mass is 386 g/mol. The first-order chi connectivity index (χ1) is 12.1. The molecule has 2 aromatic carbocycles. The molecule has 0 aliphatic carbocycles. The summed E-state index contributed by atoms with van der Waals surface area (Å²) in [4.78, 5) is 0. The van der Waals surface area contributed by atoms with Crippen molar-refractivity contribution in [2.75, 3.05) is 0 Å². The molecule has 2 N–H and O–H groups in total. The molecule has 2 nitrogen and oxygen atoms in total. The van der Waals surface area contributed by atoms with Crippen LogP contribution in [0.2, 0.25) is 0 Å². The predicted octanol–water partition coefficient (Wildman–Crippen LogP) is 6.23. The van der Waals surface area contributed by atoms with Crippen molar-refractivity contribution >= 4 is 0 Å². The Kier molecular flexibility index (Phi) is 6.92. The van der Waals surface area contributed by atoms with Gasteiger partial charge in [-0.2, -0.15) is 0 Å². The van der Waals surface area contributed by atoms with Gasteiger partial charge in [0.05, 0.1) is 0 Å². The summed E-state index contributed by atoms with van der Waals surface area (Å²) in [6.07, 6.45) is 0.465. The molecule has 27 heavy (non-hydrogen) atoms. The van der Waals surface area contributed by atoms with Crippen LogP contribution in [0.3, 0.4) is 0 Å². The molecule has 2 aromatic rings. The normalized spacial score (nSPS) is 11.8. The van der Waals surface area contributed by atoms with Crippen molar-refractivity contribution in [2.45, 2.75) is 53.4 Å². The quantitative estimate of drug-likeness (QED) is 0.571. The van der Waals surface area contributed by atoms with E-state index in [0.717, 1.165) is 12.1 Å². The first kappa shape index (κ1) is 22.8. The minimum absolute atomic E-state index is 0.0922. The number of rotatable bonds is 1. The molecule has 0 saturated heterocycles. The Morgan fingerprint density at radius 1 is 0.704 bits per heavy atom. The summed E-state index contributed by atoms with van der Waals surface area (Å²) < 4.78 is 51.9. The highest BCUT2D eigenvalue weighted by atomic mass is 19.1. The third kappa shape index (κ3) is 6.15. The zero-order valence-corrected chi connectivity index (χ0v) is 16.4. The molecule has 2 rings (SSSR count). The van der Waals surface area contributed by atoms with Crippen LogP contribution in [0.15, 0.2) is 24.3 Å². The predicted molar refractivity (Wildman–Crippen MR) is 97.9 cm³/mol. The summed E-state index contributed by atoms with van der Waals surface area (Å²) in [6.45, 7) is 11.2. The van der Waals surface area contributed by atoms with Crippen LogP contribution in [-0.4, -0.2) is 10.2 Å². The molecule has 0 unspecified atom stereocenters. The molecule has 0 amide bonds. The van der Waals surface area contributed by atoms with E-state index in [4.69, 9.17) is 10.2 Å². The molecule has 0 aliphatic heterocycles. The average Bonchev–Trinajstić information content (AvgIpc) is 2.51. The van der Waals surface area contributed by atoms with Crippen molar-refractivity contribution in [3.8, 4) is 11.5 Å². The van der Waals surface area contributed by atoms with Crippen LogP contribution >= 0.6 is 0 Å². The molecule has 0 heterocycles. The largest absolute Gasteiger partial charge is 0.503 e. The molecule has 0 fully saturated rings. The number of aromatic hydroxyl groups is 2. The van der Waals surface area contributed by atoms with Crippen molar-refractivity contribution in [3.05, 3.63) is 58.7 Å². The van der Waals surface area contributed by atoms with Gasteiger partial charge in [-0.1, -0.05) is 53.7 Å². The maximum Gasteiger partial charge on any atom is 0.188 e. The maximum absolute atomic E-state index is 13.3. The highest BCUT2D eigenvalue weighted by molar-refractivity contribution is 5.35. The van der Waals surface area contributed by atoms with Gasteiger partial charge in [-0.25, -0.2) is 17.6 Å². The molecular formula is C21H26F4O2. The fourth-order valence-corrected chi connectivity index (χ4v) is 2.41. The van der Waals surface area contributed by atoms with Gasteiger partial charge in [0, 0.05) is 0 Å². The van der Waals surface area contributed by atoms with Crippen LogP contribution in [0, 0.1) is 28.7 Å². The van der Waals surface area contributed by atoms with Gasteiger partial charge in [-0.15, -0.1) is 0 Å². The van der Waals surface area contributed by atoms with Crippen molar-refractivity contribution in [3.63, 3.8) is 0 Å². The SMILES string of the molecule is CC(C)(C)Cc1ccc(F)c(O)c1F.CC(C)(C)c1ccc(F)c(O)c1F. The standard InChI is InChI=1S/C11H14F2O.C10H12F2O/c1-11(2,3)6-7-4-5-8(12)10(14)9(7)13;1-10(2,3)6-4-5-7(11)9(13)8(6)12/h4-5,14H,6H2,1-3H3;4-5,13H,1-3H3. The minimum atomic E-state index is -0.925. The lowest BCUT2D eigenvalue weighted by Gasteiger charge is -2.19. The van der Waals surface area contributed by atoms with Crippen molar-refractivity contribution in [2.24, 2.45) is 5.41 Å². The maximum atomic E-state index is 13.3. The van der Waals surface area contributed by atoms with Crippen molar-refractivity contribution in [1.29, 1.82) is 0 Å². The summed E-state index contributed by atoms with van der Waals surface area (Å²) >= 11 is 0. The Morgan fingerprint density at radius 2 is 1.15 bits per heavy atom. The summed E-state index contributed by atoms with van der Waals surface area (Å²) in [6, 6.07) is 4.87. The van der Waals surface area contributed by atoms with Crippen LogP contribution in [0.5, 0.6) is 11.5 Å². The lowest BCUT2D eigenvalue weighted by Crippen LogP contribution is -2.13. The summed E-state index contributed by atoms with van der Waals surface area (Å²) in [5.74, 6) is -5.34.